The number of aromatic nitrogens is 4. The monoisotopic (exact) mass is 300 g/mol. The Morgan fingerprint density at radius 1 is 1.74 bits per heavy atom. The van der Waals surface area contributed by atoms with Crippen molar-refractivity contribution in [3.8, 4) is 0 Å². The number of allylic oxidation sites excluding steroid dienone is 1. The summed E-state index contributed by atoms with van der Waals surface area (Å²) in [6.07, 6.45) is 3.43. The second-order valence-electron chi connectivity index (χ2n) is 3.50. The van der Waals surface area contributed by atoms with Gasteiger partial charge in [-0.15, -0.1) is 11.7 Å². The zero-order valence-electron chi connectivity index (χ0n) is 10.3. The van der Waals surface area contributed by atoms with Crippen LogP contribution in [0.1, 0.15) is 0 Å². The number of thiazole rings is 1. The summed E-state index contributed by atoms with van der Waals surface area (Å²) in [7, 11) is 1.64. The van der Waals surface area contributed by atoms with Gasteiger partial charge in [0.25, 0.3) is 0 Å². The Hall–Kier alpha value is -1.42. The summed E-state index contributed by atoms with van der Waals surface area (Å²) >= 11 is 2.87. The van der Waals surface area contributed by atoms with E-state index < -0.39 is 0 Å². The third kappa shape index (κ3) is 3.53. The Morgan fingerprint density at radius 3 is 3.32 bits per heavy atom. The maximum Gasteiger partial charge on any atom is 0.344 e. The highest BCUT2D eigenvalue weighted by atomic mass is 32.2. The van der Waals surface area contributed by atoms with E-state index in [0.29, 0.717) is 18.4 Å². The lowest BCUT2D eigenvalue weighted by Crippen LogP contribution is -2.78. The third-order valence-electron chi connectivity index (χ3n) is 2.17. The summed E-state index contributed by atoms with van der Waals surface area (Å²) < 4.78 is 7.31. The molecule has 0 aromatic carbocycles. The van der Waals surface area contributed by atoms with E-state index in [-0.39, 0.29) is 5.69 Å². The lowest BCUT2D eigenvalue weighted by Gasteiger charge is -1.98. The van der Waals surface area contributed by atoms with Gasteiger partial charge >= 0.3 is 5.69 Å². The second-order valence-corrected chi connectivity index (χ2v) is 5.78. The molecule has 7 nitrogen and oxygen atoms in total. The quantitative estimate of drug-likeness (QED) is 0.562. The zero-order chi connectivity index (χ0) is 13.7. The molecule has 0 aliphatic heterocycles. The van der Waals surface area contributed by atoms with Crippen molar-refractivity contribution in [3.63, 3.8) is 0 Å². The molecule has 2 aromatic rings. The Balaban J connectivity index is 2.10. The number of hydrogen-bond acceptors (Lipinski definition) is 6. The maximum absolute atomic E-state index is 11.5. The molecular formula is C10H14N5O2S2+. The number of nitrogens with zero attached hydrogens (tertiary/aromatic N) is 3. The molecule has 3 N–H and O–H groups in total. The molecule has 0 aliphatic carbocycles. The Bertz CT molecular complexity index is 603. The van der Waals surface area contributed by atoms with E-state index in [0.717, 1.165) is 9.34 Å². The zero-order valence-corrected chi connectivity index (χ0v) is 12.0. The summed E-state index contributed by atoms with van der Waals surface area (Å²) in [6, 6.07) is 0. The van der Waals surface area contributed by atoms with Gasteiger partial charge in [0.05, 0.1) is 0 Å². The molecule has 0 saturated carbocycles. The van der Waals surface area contributed by atoms with Crippen molar-refractivity contribution >= 4 is 28.1 Å². The summed E-state index contributed by atoms with van der Waals surface area (Å²) in [5.41, 5.74) is -0.245. The molecule has 2 rings (SSSR count). The number of ether oxygens (including phenoxy) is 1. The Labute approximate surface area is 117 Å². The molecule has 0 bridgehead atoms. The molecular weight excluding hydrogens is 286 g/mol. The molecule has 0 fully saturated rings. The van der Waals surface area contributed by atoms with Gasteiger partial charge in [0.2, 0.25) is 5.00 Å². The summed E-state index contributed by atoms with van der Waals surface area (Å²) in [5.74, 6) is 0. The predicted octanol–water partition coefficient (Wildman–Crippen LogP) is 0.164. The van der Waals surface area contributed by atoms with Crippen LogP contribution < -0.4 is 11.0 Å². The molecule has 2 heterocycles. The van der Waals surface area contributed by atoms with Crippen LogP contribution in [0.15, 0.2) is 33.1 Å². The first kappa shape index (κ1) is 14.0. The van der Waals surface area contributed by atoms with Crippen LogP contribution >= 0.6 is 23.1 Å². The summed E-state index contributed by atoms with van der Waals surface area (Å²) in [6.45, 7) is 4.59. The third-order valence-corrected chi connectivity index (χ3v) is 4.23. The molecule has 0 atom stereocenters. The van der Waals surface area contributed by atoms with Gasteiger partial charge in [-0.3, -0.25) is 9.88 Å². The van der Waals surface area contributed by atoms with Gasteiger partial charge in [-0.2, -0.15) is 0 Å². The molecule has 2 aromatic heterocycles. The molecule has 0 unspecified atom stereocenters. The molecule has 0 saturated heterocycles. The highest BCUT2D eigenvalue weighted by Crippen LogP contribution is 2.29. The van der Waals surface area contributed by atoms with Crippen LogP contribution in [0.3, 0.4) is 0 Å². The number of rotatable bonds is 7. The minimum Gasteiger partial charge on any atom is -0.335 e. The van der Waals surface area contributed by atoms with Gasteiger partial charge < -0.3 is 4.74 Å². The molecule has 102 valence electrons. The van der Waals surface area contributed by atoms with Crippen LogP contribution in [0.5, 0.6) is 0 Å². The van der Waals surface area contributed by atoms with Crippen molar-refractivity contribution in [1.29, 1.82) is 0 Å². The summed E-state index contributed by atoms with van der Waals surface area (Å²) in [4.78, 5) is 15.8. The van der Waals surface area contributed by atoms with Gasteiger partial charge in [0.15, 0.2) is 16.2 Å². The SMILES string of the molecule is C=CCn1c(Sc2ncc([NH2+]COC)s2)n[nH]c1=O. The fraction of sp³-hybridized carbons (Fsp3) is 0.300. The van der Waals surface area contributed by atoms with Crippen LogP contribution in [0, 0.1) is 0 Å². The lowest BCUT2D eigenvalue weighted by atomic mass is 10.6. The minimum atomic E-state index is -0.245. The largest absolute Gasteiger partial charge is 0.344 e. The van der Waals surface area contributed by atoms with Crippen molar-refractivity contribution in [1.82, 2.24) is 19.7 Å². The van der Waals surface area contributed by atoms with E-state index in [9.17, 15) is 4.79 Å². The second kappa shape index (κ2) is 6.66. The number of quaternary nitrogens is 1. The lowest BCUT2D eigenvalue weighted by molar-refractivity contribution is -0.605. The Kier molecular flexibility index (Phi) is 4.91. The van der Waals surface area contributed by atoms with Gasteiger partial charge in [-0.1, -0.05) is 17.4 Å². The number of aromatic amines is 1. The van der Waals surface area contributed by atoms with E-state index in [1.807, 2.05) is 5.32 Å². The molecule has 0 amide bonds. The number of methoxy groups -OCH3 is 1. The highest BCUT2D eigenvalue weighted by Gasteiger charge is 2.12. The van der Waals surface area contributed by atoms with Gasteiger partial charge in [-0.25, -0.2) is 14.9 Å². The number of hydrogen-bond donors (Lipinski definition) is 2. The Morgan fingerprint density at radius 2 is 2.58 bits per heavy atom. The molecule has 0 aliphatic rings. The normalized spacial score (nSPS) is 10.8. The average Bonchev–Trinajstić information content (AvgIpc) is 2.98. The minimum absolute atomic E-state index is 0.245. The van der Waals surface area contributed by atoms with E-state index >= 15 is 0 Å². The van der Waals surface area contributed by atoms with Crippen LogP contribution in [0.25, 0.3) is 0 Å². The van der Waals surface area contributed by atoms with Crippen molar-refractivity contribution in [2.75, 3.05) is 13.8 Å². The first-order valence-corrected chi connectivity index (χ1v) is 7.10. The first-order valence-electron chi connectivity index (χ1n) is 5.46. The highest BCUT2D eigenvalue weighted by molar-refractivity contribution is 8.00. The smallest absolute Gasteiger partial charge is 0.335 e. The molecule has 19 heavy (non-hydrogen) atoms. The van der Waals surface area contributed by atoms with Gasteiger partial charge in [0.1, 0.15) is 6.20 Å². The fourth-order valence-corrected chi connectivity index (χ4v) is 3.19. The van der Waals surface area contributed by atoms with Crippen LogP contribution in [0.4, 0.5) is 5.00 Å². The van der Waals surface area contributed by atoms with Crippen molar-refractivity contribution in [2.24, 2.45) is 0 Å². The molecule has 9 heteroatoms. The van der Waals surface area contributed by atoms with Crippen molar-refractivity contribution in [2.45, 2.75) is 16.0 Å². The maximum atomic E-state index is 11.5. The first-order chi connectivity index (χ1) is 9.24. The van der Waals surface area contributed by atoms with E-state index in [2.05, 4.69) is 21.8 Å². The van der Waals surface area contributed by atoms with Crippen LogP contribution in [-0.4, -0.2) is 33.6 Å². The van der Waals surface area contributed by atoms with E-state index in [4.69, 9.17) is 4.74 Å². The molecule has 0 radical (unpaired) electrons. The average molecular weight is 300 g/mol. The number of nitrogens with two attached hydrogens (primary N) is 1. The number of H-pyrrole nitrogens is 1. The fourth-order valence-electron chi connectivity index (χ4n) is 1.33. The van der Waals surface area contributed by atoms with Crippen LogP contribution in [0.2, 0.25) is 0 Å². The van der Waals surface area contributed by atoms with E-state index in [1.165, 1.54) is 27.7 Å². The number of nitrogens with one attached hydrogen (secondary N) is 1. The topological polar surface area (TPSA) is 89.4 Å². The van der Waals surface area contributed by atoms with Gasteiger partial charge in [0, 0.05) is 13.7 Å². The standard InChI is InChI=1S/C10H13N5O2S2/c1-3-4-15-8(16)13-14-9(15)19-10-11-5-7(18-10)12-6-17-2/h3,5,12H,1,4,6H2,2H3,(H,13,16)/p+1. The van der Waals surface area contributed by atoms with Gasteiger partial charge in [-0.05, 0) is 11.8 Å². The van der Waals surface area contributed by atoms with Crippen molar-refractivity contribution in [3.05, 3.63) is 29.3 Å². The molecule has 0 spiro atoms. The predicted molar refractivity (Wildman–Crippen MR) is 72.7 cm³/mol. The van der Waals surface area contributed by atoms with E-state index in [1.54, 1.807) is 19.4 Å². The summed E-state index contributed by atoms with van der Waals surface area (Å²) in [5, 5.41) is 9.95. The van der Waals surface area contributed by atoms with Crippen molar-refractivity contribution < 1.29 is 10.1 Å². The van der Waals surface area contributed by atoms with Crippen LogP contribution in [-0.2, 0) is 11.3 Å².